The first-order chi connectivity index (χ1) is 13.5. The summed E-state index contributed by atoms with van der Waals surface area (Å²) in [4.78, 5) is 2.11. The zero-order valence-corrected chi connectivity index (χ0v) is 18.3. The van der Waals surface area contributed by atoms with Gasteiger partial charge < -0.3 is 4.74 Å². The molecule has 148 valence electrons. The lowest BCUT2D eigenvalue weighted by Gasteiger charge is -2.20. The maximum absolute atomic E-state index is 6.06. The maximum atomic E-state index is 6.06. The second kappa shape index (κ2) is 9.65. The van der Waals surface area contributed by atoms with E-state index in [9.17, 15) is 0 Å². The van der Waals surface area contributed by atoms with Crippen LogP contribution in [0.1, 0.15) is 18.8 Å². The average Bonchev–Trinajstić information content (AvgIpc) is 3.10. The molecular weight excluding hydrogens is 415 g/mol. The smallest absolute Gasteiger partial charge is 0.196 e. The molecule has 1 atom stereocenters. The molecule has 0 aliphatic rings. The first-order valence-corrected chi connectivity index (χ1v) is 10.6. The molecule has 0 amide bonds. The van der Waals surface area contributed by atoms with E-state index in [2.05, 4.69) is 26.6 Å². The summed E-state index contributed by atoms with van der Waals surface area (Å²) in [6.07, 6.45) is 0. The van der Waals surface area contributed by atoms with Gasteiger partial charge in [0.15, 0.2) is 11.0 Å². The summed E-state index contributed by atoms with van der Waals surface area (Å²) in [7, 11) is 4.05. The number of halogens is 2. The van der Waals surface area contributed by atoms with Crippen LogP contribution in [0.2, 0.25) is 10.0 Å². The molecule has 3 aromatic rings. The minimum Gasteiger partial charge on any atom is -0.493 e. The van der Waals surface area contributed by atoms with Crippen LogP contribution in [-0.4, -0.2) is 46.1 Å². The van der Waals surface area contributed by atoms with Gasteiger partial charge in [-0.2, -0.15) is 0 Å². The van der Waals surface area contributed by atoms with Crippen LogP contribution in [0.5, 0.6) is 5.75 Å². The summed E-state index contributed by atoms with van der Waals surface area (Å²) < 4.78 is 7.85. The van der Waals surface area contributed by atoms with E-state index in [0.29, 0.717) is 16.7 Å². The standard InChI is InChI=1S/C20H22Cl2N4OS/c1-14(25(2)3)19-23-24-20(26(19)17-8-4-15(21)5-9-17)28-13-12-27-18-10-6-16(22)7-11-18/h4-11,14H,12-13H2,1-3H3/t14-/m0/s1. The summed E-state index contributed by atoms with van der Waals surface area (Å²) >= 11 is 13.6. The number of hydrogen-bond donors (Lipinski definition) is 0. The van der Waals surface area contributed by atoms with Crippen molar-refractivity contribution >= 4 is 35.0 Å². The molecule has 28 heavy (non-hydrogen) atoms. The summed E-state index contributed by atoms with van der Waals surface area (Å²) in [5.74, 6) is 2.42. The number of aromatic nitrogens is 3. The lowest BCUT2D eigenvalue weighted by Crippen LogP contribution is -2.20. The highest BCUT2D eigenvalue weighted by Gasteiger charge is 2.20. The van der Waals surface area contributed by atoms with E-state index in [1.807, 2.05) is 62.6 Å². The van der Waals surface area contributed by atoms with Crippen LogP contribution in [0.25, 0.3) is 5.69 Å². The molecule has 1 heterocycles. The Morgan fingerprint density at radius 1 is 1.00 bits per heavy atom. The van der Waals surface area contributed by atoms with Gasteiger partial charge in [-0.05, 0) is 69.6 Å². The van der Waals surface area contributed by atoms with Gasteiger partial charge in [-0.3, -0.25) is 9.47 Å². The second-order valence-corrected chi connectivity index (χ2v) is 8.38. The number of hydrogen-bond acceptors (Lipinski definition) is 5. The Balaban J connectivity index is 1.74. The van der Waals surface area contributed by atoms with Crippen molar-refractivity contribution in [1.29, 1.82) is 0 Å². The van der Waals surface area contributed by atoms with E-state index in [4.69, 9.17) is 27.9 Å². The Hall–Kier alpha value is -1.73. The predicted octanol–water partition coefficient (Wildman–Crippen LogP) is 5.37. The Labute approximate surface area is 179 Å². The summed E-state index contributed by atoms with van der Waals surface area (Å²) in [5, 5.41) is 11.1. The molecule has 0 N–H and O–H groups in total. The van der Waals surface area contributed by atoms with Crippen molar-refractivity contribution in [2.24, 2.45) is 0 Å². The lowest BCUT2D eigenvalue weighted by atomic mass is 10.2. The highest BCUT2D eigenvalue weighted by atomic mass is 35.5. The minimum absolute atomic E-state index is 0.114. The molecule has 0 bridgehead atoms. The van der Waals surface area contributed by atoms with Crippen molar-refractivity contribution in [1.82, 2.24) is 19.7 Å². The van der Waals surface area contributed by atoms with Crippen molar-refractivity contribution in [3.05, 3.63) is 64.4 Å². The quantitative estimate of drug-likeness (QED) is 0.350. The maximum Gasteiger partial charge on any atom is 0.196 e. The van der Waals surface area contributed by atoms with E-state index in [0.717, 1.165) is 28.2 Å². The van der Waals surface area contributed by atoms with Gasteiger partial charge >= 0.3 is 0 Å². The Morgan fingerprint density at radius 2 is 1.61 bits per heavy atom. The highest BCUT2D eigenvalue weighted by Crippen LogP contribution is 2.27. The van der Waals surface area contributed by atoms with Crippen LogP contribution in [-0.2, 0) is 0 Å². The van der Waals surface area contributed by atoms with E-state index < -0.39 is 0 Å². The minimum atomic E-state index is 0.114. The van der Waals surface area contributed by atoms with Crippen LogP contribution in [0.3, 0.4) is 0 Å². The van der Waals surface area contributed by atoms with Crippen molar-refractivity contribution in [3.63, 3.8) is 0 Å². The van der Waals surface area contributed by atoms with Gasteiger partial charge in [-0.25, -0.2) is 0 Å². The van der Waals surface area contributed by atoms with E-state index in [1.165, 1.54) is 0 Å². The van der Waals surface area contributed by atoms with Crippen molar-refractivity contribution in [2.75, 3.05) is 26.5 Å². The van der Waals surface area contributed by atoms with Crippen LogP contribution in [0, 0.1) is 0 Å². The predicted molar refractivity (Wildman–Crippen MR) is 116 cm³/mol. The van der Waals surface area contributed by atoms with Gasteiger partial charge in [0, 0.05) is 21.5 Å². The molecule has 0 saturated heterocycles. The molecule has 1 aromatic heterocycles. The summed E-state index contributed by atoms with van der Waals surface area (Å²) in [6.45, 7) is 2.66. The summed E-state index contributed by atoms with van der Waals surface area (Å²) in [6, 6.07) is 15.2. The molecular formula is C20H22Cl2N4OS. The Morgan fingerprint density at radius 3 is 2.21 bits per heavy atom. The SMILES string of the molecule is C[C@@H](c1nnc(SCCOc2ccc(Cl)cc2)n1-c1ccc(Cl)cc1)N(C)C. The fraction of sp³-hybridized carbons (Fsp3) is 0.300. The van der Waals surface area contributed by atoms with Gasteiger partial charge in [-0.15, -0.1) is 10.2 Å². The zero-order chi connectivity index (χ0) is 20.1. The summed E-state index contributed by atoms with van der Waals surface area (Å²) in [5.41, 5.74) is 0.985. The highest BCUT2D eigenvalue weighted by molar-refractivity contribution is 7.99. The molecule has 3 rings (SSSR count). The van der Waals surface area contributed by atoms with Crippen molar-refractivity contribution < 1.29 is 4.74 Å². The first-order valence-electron chi connectivity index (χ1n) is 8.84. The van der Waals surface area contributed by atoms with Crippen LogP contribution in [0.15, 0.2) is 53.7 Å². The van der Waals surface area contributed by atoms with Crippen LogP contribution < -0.4 is 4.74 Å². The third-order valence-electron chi connectivity index (χ3n) is 4.29. The number of benzene rings is 2. The van der Waals surface area contributed by atoms with E-state index in [1.54, 1.807) is 11.8 Å². The molecule has 0 radical (unpaired) electrons. The molecule has 0 aliphatic carbocycles. The molecule has 2 aromatic carbocycles. The zero-order valence-electron chi connectivity index (χ0n) is 16.0. The van der Waals surface area contributed by atoms with Crippen LogP contribution >= 0.6 is 35.0 Å². The van der Waals surface area contributed by atoms with Gasteiger partial charge in [0.2, 0.25) is 0 Å². The monoisotopic (exact) mass is 436 g/mol. The number of ether oxygens (including phenoxy) is 1. The van der Waals surface area contributed by atoms with Gasteiger partial charge in [-0.1, -0.05) is 35.0 Å². The first kappa shape index (κ1) is 21.0. The normalized spacial score (nSPS) is 12.4. The molecule has 8 heteroatoms. The largest absolute Gasteiger partial charge is 0.493 e. The lowest BCUT2D eigenvalue weighted by molar-refractivity contribution is 0.305. The molecule has 5 nitrogen and oxygen atoms in total. The number of nitrogens with zero attached hydrogens (tertiary/aromatic N) is 4. The average molecular weight is 437 g/mol. The molecule has 0 unspecified atom stereocenters. The number of rotatable bonds is 8. The molecule has 0 saturated carbocycles. The van der Waals surface area contributed by atoms with Gasteiger partial charge in [0.25, 0.3) is 0 Å². The fourth-order valence-electron chi connectivity index (χ4n) is 2.53. The Kier molecular flexibility index (Phi) is 7.24. The third-order valence-corrected chi connectivity index (χ3v) is 5.69. The van der Waals surface area contributed by atoms with Crippen molar-refractivity contribution in [3.8, 4) is 11.4 Å². The van der Waals surface area contributed by atoms with E-state index in [-0.39, 0.29) is 6.04 Å². The van der Waals surface area contributed by atoms with Gasteiger partial charge in [0.1, 0.15) is 5.75 Å². The number of thioether (sulfide) groups is 1. The molecule has 0 spiro atoms. The topological polar surface area (TPSA) is 43.2 Å². The third kappa shape index (κ3) is 5.20. The van der Waals surface area contributed by atoms with Gasteiger partial charge in [0.05, 0.1) is 12.6 Å². The van der Waals surface area contributed by atoms with E-state index >= 15 is 0 Å². The second-order valence-electron chi connectivity index (χ2n) is 6.44. The van der Waals surface area contributed by atoms with Crippen molar-refractivity contribution in [2.45, 2.75) is 18.1 Å². The molecule has 0 aliphatic heterocycles. The molecule has 0 fully saturated rings. The Bertz CT molecular complexity index is 898. The fourth-order valence-corrected chi connectivity index (χ4v) is 3.56. The van der Waals surface area contributed by atoms with Crippen LogP contribution in [0.4, 0.5) is 0 Å².